The van der Waals surface area contributed by atoms with Gasteiger partial charge in [0.1, 0.15) is 5.76 Å². The molecule has 0 atom stereocenters. The Balaban J connectivity index is 1.41. The summed E-state index contributed by atoms with van der Waals surface area (Å²) in [7, 11) is 1.95. The third kappa shape index (κ3) is 5.42. The van der Waals surface area contributed by atoms with Gasteiger partial charge in [-0.05, 0) is 37.6 Å². The van der Waals surface area contributed by atoms with Gasteiger partial charge in [-0.25, -0.2) is 4.98 Å². The molecule has 1 N–H and O–H groups in total. The molecule has 1 amide bonds. The van der Waals surface area contributed by atoms with E-state index < -0.39 is 0 Å². The number of amides is 1. The fraction of sp³-hybridized carbons (Fsp3) is 0.333. The maximum Gasteiger partial charge on any atom is 0.286 e. The number of thioether (sulfide) groups is 1. The molecule has 28 heavy (non-hydrogen) atoms. The van der Waals surface area contributed by atoms with E-state index >= 15 is 0 Å². The van der Waals surface area contributed by atoms with Crippen molar-refractivity contribution in [3.8, 4) is 0 Å². The quantitative estimate of drug-likeness (QED) is 0.414. The maximum atomic E-state index is 12.3. The van der Waals surface area contributed by atoms with E-state index in [1.165, 1.54) is 5.69 Å². The second-order valence-corrected chi connectivity index (χ2v) is 7.34. The van der Waals surface area contributed by atoms with Gasteiger partial charge < -0.3 is 19.2 Å². The van der Waals surface area contributed by atoms with E-state index in [2.05, 4.69) is 34.3 Å². The molecule has 2 aromatic heterocycles. The molecule has 0 unspecified atom stereocenters. The van der Waals surface area contributed by atoms with Crippen LogP contribution in [-0.2, 0) is 12.8 Å². The predicted molar refractivity (Wildman–Crippen MR) is 113 cm³/mol. The Bertz CT molecular complexity index is 875. The first kappa shape index (κ1) is 20.1. The molecule has 6 nitrogen and oxygen atoms in total. The van der Waals surface area contributed by atoms with Gasteiger partial charge >= 0.3 is 0 Å². The Hall–Kier alpha value is -2.67. The van der Waals surface area contributed by atoms with Crippen LogP contribution < -0.4 is 10.2 Å². The van der Waals surface area contributed by atoms with Crippen LogP contribution in [0.4, 0.5) is 5.69 Å². The zero-order valence-corrected chi connectivity index (χ0v) is 17.1. The molecule has 0 saturated carbocycles. The highest BCUT2D eigenvalue weighted by Crippen LogP contribution is 2.21. The minimum atomic E-state index is -0.170. The first-order valence-electron chi connectivity index (χ1n) is 9.44. The van der Waals surface area contributed by atoms with Crippen LogP contribution in [-0.4, -0.2) is 35.1 Å². The number of aromatic nitrogens is 2. The summed E-state index contributed by atoms with van der Waals surface area (Å²) in [5.74, 6) is 1.59. The minimum Gasteiger partial charge on any atom is -0.455 e. The van der Waals surface area contributed by atoms with Crippen LogP contribution in [0.1, 0.15) is 29.7 Å². The normalized spacial score (nSPS) is 10.8. The van der Waals surface area contributed by atoms with Crippen molar-refractivity contribution in [1.29, 1.82) is 0 Å². The lowest BCUT2D eigenvalue weighted by Crippen LogP contribution is -2.29. The molecule has 0 bridgehead atoms. The standard InChI is InChI=1S/C21H26N4O2S/c1-3-25(17-8-5-4-6-9-17)14-7-12-22-20(26)19-11-10-18(27-19)16-28-21-23-13-15-24(21)2/h4-6,8-11,13,15H,3,7,12,14,16H2,1-2H3,(H,22,26). The molecule has 2 heterocycles. The Morgan fingerprint density at radius 2 is 2.07 bits per heavy atom. The van der Waals surface area contributed by atoms with Crippen molar-refractivity contribution in [2.45, 2.75) is 24.3 Å². The van der Waals surface area contributed by atoms with E-state index in [-0.39, 0.29) is 5.91 Å². The number of carbonyl (C=O) groups is 1. The van der Waals surface area contributed by atoms with E-state index in [0.29, 0.717) is 18.1 Å². The molecular formula is C21H26N4O2S. The van der Waals surface area contributed by atoms with Crippen LogP contribution in [0.5, 0.6) is 0 Å². The molecular weight excluding hydrogens is 372 g/mol. The summed E-state index contributed by atoms with van der Waals surface area (Å²) in [5.41, 5.74) is 1.21. The number of carbonyl (C=O) groups excluding carboxylic acids is 1. The lowest BCUT2D eigenvalue weighted by molar-refractivity contribution is 0.0924. The molecule has 0 aliphatic rings. The molecule has 3 aromatic rings. The molecule has 0 aliphatic carbocycles. The van der Waals surface area contributed by atoms with Crippen LogP contribution in [0, 0.1) is 0 Å². The predicted octanol–water partition coefficient (Wildman–Crippen LogP) is 3.95. The molecule has 0 radical (unpaired) electrons. The van der Waals surface area contributed by atoms with Crippen LogP contribution >= 0.6 is 11.8 Å². The Morgan fingerprint density at radius 3 is 2.79 bits per heavy atom. The number of para-hydroxylation sites is 1. The van der Waals surface area contributed by atoms with Crippen molar-refractivity contribution >= 4 is 23.4 Å². The van der Waals surface area contributed by atoms with Crippen molar-refractivity contribution in [2.75, 3.05) is 24.5 Å². The third-order valence-corrected chi connectivity index (χ3v) is 5.48. The Morgan fingerprint density at radius 1 is 1.25 bits per heavy atom. The van der Waals surface area contributed by atoms with Gasteiger partial charge in [0.2, 0.25) is 0 Å². The maximum absolute atomic E-state index is 12.3. The summed E-state index contributed by atoms with van der Waals surface area (Å²) in [6, 6.07) is 13.9. The number of imidazole rings is 1. The summed E-state index contributed by atoms with van der Waals surface area (Å²) in [6.45, 7) is 4.58. The number of furan rings is 1. The van der Waals surface area contributed by atoms with Crippen LogP contribution in [0.3, 0.4) is 0 Å². The van der Waals surface area contributed by atoms with Gasteiger partial charge in [-0.2, -0.15) is 0 Å². The van der Waals surface area contributed by atoms with Crippen LogP contribution in [0.2, 0.25) is 0 Å². The summed E-state index contributed by atoms with van der Waals surface area (Å²) >= 11 is 1.58. The zero-order chi connectivity index (χ0) is 19.8. The highest BCUT2D eigenvalue weighted by molar-refractivity contribution is 7.98. The van der Waals surface area contributed by atoms with Gasteiger partial charge in [0.25, 0.3) is 5.91 Å². The summed E-state index contributed by atoms with van der Waals surface area (Å²) in [5, 5.41) is 3.86. The molecule has 0 saturated heterocycles. The topological polar surface area (TPSA) is 63.3 Å². The number of aryl methyl sites for hydroxylation is 1. The molecule has 0 spiro atoms. The molecule has 148 valence electrons. The van der Waals surface area contributed by atoms with E-state index in [1.54, 1.807) is 24.0 Å². The van der Waals surface area contributed by atoms with Gasteiger partial charge in [-0.3, -0.25) is 4.79 Å². The first-order chi connectivity index (χ1) is 13.7. The van der Waals surface area contributed by atoms with E-state index in [9.17, 15) is 4.79 Å². The zero-order valence-electron chi connectivity index (χ0n) is 16.3. The summed E-state index contributed by atoms with van der Waals surface area (Å²) in [6.07, 6.45) is 4.54. The van der Waals surface area contributed by atoms with Gasteiger partial charge in [0, 0.05) is 44.8 Å². The van der Waals surface area contributed by atoms with E-state index in [4.69, 9.17) is 4.42 Å². The molecule has 7 heteroatoms. The van der Waals surface area contributed by atoms with Gasteiger partial charge in [-0.1, -0.05) is 30.0 Å². The fourth-order valence-corrected chi connectivity index (χ4v) is 3.70. The fourth-order valence-electron chi connectivity index (χ4n) is 2.87. The molecule has 1 aromatic carbocycles. The van der Waals surface area contributed by atoms with E-state index in [1.807, 2.05) is 42.1 Å². The first-order valence-corrected chi connectivity index (χ1v) is 10.4. The van der Waals surface area contributed by atoms with Gasteiger partial charge in [-0.15, -0.1) is 0 Å². The third-order valence-electron chi connectivity index (χ3n) is 4.40. The number of hydrogen-bond donors (Lipinski definition) is 1. The lowest BCUT2D eigenvalue weighted by Gasteiger charge is -2.23. The van der Waals surface area contributed by atoms with Crippen LogP contribution in [0.15, 0.2) is 64.4 Å². The van der Waals surface area contributed by atoms with Gasteiger partial charge in [0.15, 0.2) is 10.9 Å². The van der Waals surface area contributed by atoms with Crippen molar-refractivity contribution in [3.63, 3.8) is 0 Å². The second kappa shape index (κ2) is 10.0. The number of nitrogens with one attached hydrogen (secondary N) is 1. The summed E-state index contributed by atoms with van der Waals surface area (Å²) in [4.78, 5) is 18.9. The minimum absolute atomic E-state index is 0.170. The SMILES string of the molecule is CCN(CCCNC(=O)c1ccc(CSc2nccn2C)o1)c1ccccc1. The average Bonchev–Trinajstić information content (AvgIpc) is 3.36. The number of rotatable bonds is 10. The van der Waals surface area contributed by atoms with Crippen molar-refractivity contribution < 1.29 is 9.21 Å². The van der Waals surface area contributed by atoms with Crippen molar-refractivity contribution in [3.05, 3.63) is 66.4 Å². The molecule has 0 fully saturated rings. The highest BCUT2D eigenvalue weighted by Gasteiger charge is 2.12. The van der Waals surface area contributed by atoms with Crippen molar-refractivity contribution in [2.24, 2.45) is 7.05 Å². The Kier molecular flexibility index (Phi) is 7.19. The lowest BCUT2D eigenvalue weighted by atomic mass is 10.2. The number of anilines is 1. The smallest absolute Gasteiger partial charge is 0.286 e. The van der Waals surface area contributed by atoms with Crippen LogP contribution in [0.25, 0.3) is 0 Å². The Labute approximate surface area is 169 Å². The second-order valence-electron chi connectivity index (χ2n) is 6.40. The monoisotopic (exact) mass is 398 g/mol. The largest absolute Gasteiger partial charge is 0.455 e. The number of benzene rings is 1. The molecule has 0 aliphatic heterocycles. The summed E-state index contributed by atoms with van der Waals surface area (Å²) < 4.78 is 7.63. The van der Waals surface area contributed by atoms with Crippen molar-refractivity contribution in [1.82, 2.24) is 14.9 Å². The van der Waals surface area contributed by atoms with E-state index in [0.717, 1.165) is 30.4 Å². The van der Waals surface area contributed by atoms with Gasteiger partial charge in [0.05, 0.1) is 5.75 Å². The average molecular weight is 399 g/mol. The number of hydrogen-bond acceptors (Lipinski definition) is 5. The number of nitrogens with zero attached hydrogens (tertiary/aromatic N) is 3. The highest BCUT2D eigenvalue weighted by atomic mass is 32.2. The molecule has 3 rings (SSSR count).